The first kappa shape index (κ1) is 15.8. The van der Waals surface area contributed by atoms with E-state index in [1.54, 1.807) is 20.8 Å². The zero-order valence-corrected chi connectivity index (χ0v) is 13.0. The van der Waals surface area contributed by atoms with Crippen LogP contribution in [-0.2, 0) is 15.5 Å². The van der Waals surface area contributed by atoms with Crippen LogP contribution in [0.4, 0.5) is 9.18 Å². The average Bonchev–Trinajstić information content (AvgIpc) is 2.86. The summed E-state index contributed by atoms with van der Waals surface area (Å²) >= 11 is 0. The predicted octanol–water partition coefficient (Wildman–Crippen LogP) is 1.73. The monoisotopic (exact) mass is 315 g/mol. The summed E-state index contributed by atoms with van der Waals surface area (Å²) < 4.78 is 30.3. The van der Waals surface area contributed by atoms with Gasteiger partial charge in [0.2, 0.25) is 5.16 Å². The number of nitrogens with zero attached hydrogens (tertiary/aromatic N) is 3. The zero-order valence-electron chi connectivity index (χ0n) is 12.2. The fourth-order valence-corrected chi connectivity index (χ4v) is 3.19. The summed E-state index contributed by atoms with van der Waals surface area (Å²) in [4.78, 5) is 20.9. The number of carbonyl (C=O) groups excluding carboxylic acids is 1. The lowest BCUT2D eigenvalue weighted by molar-refractivity contribution is 0.0295. The molecule has 1 fully saturated rings. The molecule has 0 N–H and O–H groups in total. The van der Waals surface area contributed by atoms with Gasteiger partial charge in [-0.05, 0) is 27.2 Å². The van der Waals surface area contributed by atoms with Crippen LogP contribution in [0.5, 0.6) is 0 Å². The van der Waals surface area contributed by atoms with Gasteiger partial charge < -0.3 is 9.64 Å². The molecular formula is C13H18FN3O3S. The number of amides is 1. The molecule has 116 valence electrons. The lowest BCUT2D eigenvalue weighted by Gasteiger charge is -2.24. The SMILES string of the molecule is CC(C)(C)OC(=O)N1CCC(S(=O)c2ncc(F)cn2)C1. The summed E-state index contributed by atoms with van der Waals surface area (Å²) in [5.74, 6) is -0.572. The quantitative estimate of drug-likeness (QED) is 0.777. The molecule has 1 amide bonds. The number of hydrogen-bond acceptors (Lipinski definition) is 5. The summed E-state index contributed by atoms with van der Waals surface area (Å²) in [5.41, 5.74) is -0.561. The molecule has 1 aliphatic rings. The molecule has 0 bridgehead atoms. The Bertz CT molecular complexity index is 545. The standard InChI is InChI=1S/C13H18FN3O3S/c1-13(2,3)20-12(18)17-5-4-10(8-17)21(19)11-15-6-9(14)7-16-11/h6-7,10H,4-5,8H2,1-3H3. The highest BCUT2D eigenvalue weighted by molar-refractivity contribution is 7.85. The molecule has 2 rings (SSSR count). The van der Waals surface area contributed by atoms with E-state index in [1.165, 1.54) is 4.90 Å². The molecular weight excluding hydrogens is 297 g/mol. The summed E-state index contributed by atoms with van der Waals surface area (Å²) in [6.07, 6.45) is 2.14. The van der Waals surface area contributed by atoms with Crippen LogP contribution in [-0.4, -0.2) is 49.1 Å². The minimum Gasteiger partial charge on any atom is -0.444 e. The van der Waals surface area contributed by atoms with Crippen LogP contribution < -0.4 is 0 Å². The highest BCUT2D eigenvalue weighted by Gasteiger charge is 2.34. The second-order valence-corrected chi connectivity index (χ2v) is 7.44. The van der Waals surface area contributed by atoms with Gasteiger partial charge in [-0.1, -0.05) is 0 Å². The number of carbonyl (C=O) groups is 1. The Hall–Kier alpha value is -1.57. The van der Waals surface area contributed by atoms with Gasteiger partial charge in [0.1, 0.15) is 5.60 Å². The largest absolute Gasteiger partial charge is 0.444 e. The Labute approximate surface area is 125 Å². The van der Waals surface area contributed by atoms with E-state index in [0.717, 1.165) is 12.4 Å². The molecule has 2 unspecified atom stereocenters. The molecule has 0 aromatic carbocycles. The number of rotatable bonds is 2. The highest BCUT2D eigenvalue weighted by atomic mass is 32.2. The third-order valence-corrected chi connectivity index (χ3v) is 4.44. The van der Waals surface area contributed by atoms with Gasteiger partial charge in [0, 0.05) is 13.1 Å². The minimum absolute atomic E-state index is 0.0902. The van der Waals surface area contributed by atoms with E-state index >= 15 is 0 Å². The van der Waals surface area contributed by atoms with Crippen molar-refractivity contribution < 1.29 is 18.1 Å². The van der Waals surface area contributed by atoms with Gasteiger partial charge in [-0.2, -0.15) is 0 Å². The van der Waals surface area contributed by atoms with E-state index in [-0.39, 0.29) is 10.4 Å². The van der Waals surface area contributed by atoms with Gasteiger partial charge in [-0.25, -0.2) is 19.2 Å². The highest BCUT2D eigenvalue weighted by Crippen LogP contribution is 2.20. The zero-order chi connectivity index (χ0) is 15.6. The van der Waals surface area contributed by atoms with Crippen LogP contribution >= 0.6 is 0 Å². The van der Waals surface area contributed by atoms with Crippen molar-refractivity contribution in [3.63, 3.8) is 0 Å². The normalized spacial score (nSPS) is 20.4. The first-order chi connectivity index (χ1) is 9.76. The third-order valence-electron chi connectivity index (χ3n) is 2.88. The number of ether oxygens (including phenoxy) is 1. The lowest BCUT2D eigenvalue weighted by atomic mass is 10.2. The Morgan fingerprint density at radius 3 is 2.62 bits per heavy atom. The van der Waals surface area contributed by atoms with Gasteiger partial charge in [-0.3, -0.25) is 4.21 Å². The molecule has 2 heterocycles. The molecule has 0 spiro atoms. The van der Waals surface area contributed by atoms with Gasteiger partial charge in [-0.15, -0.1) is 0 Å². The van der Waals surface area contributed by atoms with Crippen molar-refractivity contribution in [1.82, 2.24) is 14.9 Å². The van der Waals surface area contributed by atoms with E-state index in [4.69, 9.17) is 4.74 Å². The van der Waals surface area contributed by atoms with Crippen LogP contribution in [0.2, 0.25) is 0 Å². The number of hydrogen-bond donors (Lipinski definition) is 0. The molecule has 1 aromatic rings. The Balaban J connectivity index is 1.97. The van der Waals surface area contributed by atoms with E-state index in [9.17, 15) is 13.4 Å². The average molecular weight is 315 g/mol. The number of aromatic nitrogens is 2. The molecule has 1 saturated heterocycles. The first-order valence-corrected chi connectivity index (χ1v) is 7.83. The van der Waals surface area contributed by atoms with E-state index in [2.05, 4.69) is 9.97 Å². The summed E-state index contributed by atoms with van der Waals surface area (Å²) in [5, 5.41) is -0.171. The van der Waals surface area contributed by atoms with Gasteiger partial charge in [0.05, 0.1) is 28.4 Å². The van der Waals surface area contributed by atoms with Crippen molar-refractivity contribution in [3.8, 4) is 0 Å². The molecule has 0 radical (unpaired) electrons. The van der Waals surface area contributed by atoms with Gasteiger partial charge in [0.25, 0.3) is 0 Å². The Morgan fingerprint density at radius 1 is 1.43 bits per heavy atom. The van der Waals surface area contributed by atoms with Gasteiger partial charge >= 0.3 is 6.09 Å². The van der Waals surface area contributed by atoms with Crippen LogP contribution in [0.3, 0.4) is 0 Å². The smallest absolute Gasteiger partial charge is 0.410 e. The Kier molecular flexibility index (Phi) is 4.55. The van der Waals surface area contributed by atoms with Crippen molar-refractivity contribution in [3.05, 3.63) is 18.2 Å². The van der Waals surface area contributed by atoms with Crippen molar-refractivity contribution in [2.24, 2.45) is 0 Å². The Morgan fingerprint density at radius 2 is 2.05 bits per heavy atom. The topological polar surface area (TPSA) is 72.4 Å². The van der Waals surface area contributed by atoms with Crippen LogP contribution in [0, 0.1) is 5.82 Å². The van der Waals surface area contributed by atoms with E-state index < -0.39 is 28.3 Å². The second kappa shape index (κ2) is 6.05. The molecule has 6 nitrogen and oxygen atoms in total. The van der Waals surface area contributed by atoms with Crippen molar-refractivity contribution in [2.75, 3.05) is 13.1 Å². The van der Waals surface area contributed by atoms with Crippen LogP contribution in [0.15, 0.2) is 17.6 Å². The van der Waals surface area contributed by atoms with Crippen LogP contribution in [0.25, 0.3) is 0 Å². The van der Waals surface area contributed by atoms with E-state index in [0.29, 0.717) is 19.5 Å². The molecule has 0 aliphatic carbocycles. The summed E-state index contributed by atoms with van der Waals surface area (Å²) in [6.45, 7) is 6.18. The minimum atomic E-state index is -1.47. The molecule has 8 heteroatoms. The van der Waals surface area contributed by atoms with Crippen LogP contribution in [0.1, 0.15) is 27.2 Å². The second-order valence-electron chi connectivity index (χ2n) is 5.82. The van der Waals surface area contributed by atoms with Gasteiger partial charge in [0.15, 0.2) is 5.82 Å². The predicted molar refractivity (Wildman–Crippen MR) is 74.6 cm³/mol. The first-order valence-electron chi connectivity index (χ1n) is 6.62. The fraction of sp³-hybridized carbons (Fsp3) is 0.615. The van der Waals surface area contributed by atoms with E-state index in [1.807, 2.05) is 0 Å². The molecule has 0 saturated carbocycles. The summed E-state index contributed by atoms with van der Waals surface area (Å²) in [7, 11) is -1.47. The van der Waals surface area contributed by atoms with Crippen molar-refractivity contribution in [1.29, 1.82) is 0 Å². The molecule has 1 aliphatic heterocycles. The van der Waals surface area contributed by atoms with Crippen molar-refractivity contribution >= 4 is 16.9 Å². The summed E-state index contributed by atoms with van der Waals surface area (Å²) in [6, 6.07) is 0. The fourth-order valence-electron chi connectivity index (χ4n) is 1.95. The van der Waals surface area contributed by atoms with Crippen molar-refractivity contribution in [2.45, 2.75) is 43.2 Å². The lowest BCUT2D eigenvalue weighted by Crippen LogP contribution is -2.36. The molecule has 21 heavy (non-hydrogen) atoms. The number of halogens is 1. The molecule has 1 aromatic heterocycles. The molecule has 2 atom stereocenters. The maximum Gasteiger partial charge on any atom is 0.410 e. The maximum atomic E-state index is 12.8. The number of likely N-dealkylation sites (tertiary alicyclic amines) is 1. The maximum absolute atomic E-state index is 12.8. The third kappa shape index (κ3) is 4.20.